The van der Waals surface area contributed by atoms with Gasteiger partial charge in [0.2, 0.25) is 5.88 Å². The highest BCUT2D eigenvalue weighted by molar-refractivity contribution is 5.96. The number of ether oxygens (including phenoxy) is 1. The number of halogens is 3. The quantitative estimate of drug-likeness (QED) is 0.839. The van der Waals surface area contributed by atoms with Crippen LogP contribution in [0.1, 0.15) is 23.2 Å². The second-order valence-corrected chi connectivity index (χ2v) is 4.67. The zero-order valence-corrected chi connectivity index (χ0v) is 11.0. The number of amides is 1. The topological polar surface area (TPSA) is 42.4 Å². The Balaban J connectivity index is 2.05. The largest absolute Gasteiger partial charge is 0.480 e. The summed E-state index contributed by atoms with van der Waals surface area (Å²) in [6, 6.07) is 3.15. The molecule has 0 spiro atoms. The van der Waals surface area contributed by atoms with Gasteiger partial charge in [0, 0.05) is 19.3 Å². The Morgan fingerprint density at radius 2 is 2.05 bits per heavy atom. The van der Waals surface area contributed by atoms with E-state index in [4.69, 9.17) is 4.74 Å². The molecule has 1 amide bonds. The van der Waals surface area contributed by atoms with Gasteiger partial charge in [-0.1, -0.05) is 0 Å². The van der Waals surface area contributed by atoms with Crippen molar-refractivity contribution >= 4 is 5.91 Å². The molecule has 1 aromatic heterocycles. The zero-order chi connectivity index (χ0) is 14.8. The molecule has 0 atom stereocenters. The van der Waals surface area contributed by atoms with E-state index in [0.29, 0.717) is 0 Å². The molecule has 0 saturated carbocycles. The van der Waals surface area contributed by atoms with Crippen LogP contribution in [0, 0.1) is 5.92 Å². The van der Waals surface area contributed by atoms with Crippen LogP contribution in [0.15, 0.2) is 18.3 Å². The number of rotatable bonds is 2. The fourth-order valence-corrected chi connectivity index (χ4v) is 2.30. The van der Waals surface area contributed by atoms with E-state index < -0.39 is 12.1 Å². The van der Waals surface area contributed by atoms with Gasteiger partial charge in [-0.05, 0) is 25.0 Å². The molecule has 1 fully saturated rings. The molecule has 0 N–H and O–H groups in total. The molecule has 2 rings (SSSR count). The van der Waals surface area contributed by atoms with Crippen molar-refractivity contribution in [3.63, 3.8) is 0 Å². The third kappa shape index (κ3) is 3.02. The molecule has 0 unspecified atom stereocenters. The minimum atomic E-state index is -4.18. The smallest absolute Gasteiger partial charge is 0.391 e. The normalized spacial score (nSPS) is 17.1. The molecule has 1 saturated heterocycles. The summed E-state index contributed by atoms with van der Waals surface area (Å²) in [5.74, 6) is -1.46. The Labute approximate surface area is 114 Å². The van der Waals surface area contributed by atoms with Crippen LogP contribution >= 0.6 is 0 Å². The van der Waals surface area contributed by atoms with Crippen molar-refractivity contribution < 1.29 is 22.7 Å². The van der Waals surface area contributed by atoms with Gasteiger partial charge < -0.3 is 9.64 Å². The van der Waals surface area contributed by atoms with E-state index in [2.05, 4.69) is 4.98 Å². The predicted octanol–water partition coefficient (Wildman–Crippen LogP) is 2.50. The summed E-state index contributed by atoms with van der Waals surface area (Å²) in [5, 5.41) is 0. The molecule has 1 aliphatic rings. The summed E-state index contributed by atoms with van der Waals surface area (Å²) < 4.78 is 42.7. The fourth-order valence-electron chi connectivity index (χ4n) is 2.30. The number of pyridine rings is 1. The average molecular weight is 288 g/mol. The summed E-state index contributed by atoms with van der Waals surface area (Å²) in [5.41, 5.74) is 0.278. The minimum absolute atomic E-state index is 0.0577. The summed E-state index contributed by atoms with van der Waals surface area (Å²) in [6.07, 6.45) is -2.80. The van der Waals surface area contributed by atoms with Gasteiger partial charge in [0.25, 0.3) is 5.91 Å². The second kappa shape index (κ2) is 5.68. The Kier molecular flexibility index (Phi) is 4.15. The molecule has 20 heavy (non-hydrogen) atoms. The molecule has 4 nitrogen and oxygen atoms in total. The van der Waals surface area contributed by atoms with Gasteiger partial charge >= 0.3 is 6.18 Å². The number of nitrogens with zero attached hydrogens (tertiary/aromatic N) is 2. The number of methoxy groups -OCH3 is 1. The standard InChI is InChI=1S/C13H15F3N2O2/c1-20-11-10(3-2-6-17-11)12(19)18-7-4-9(5-8-18)13(14,15)16/h2-3,6,9H,4-5,7-8H2,1H3. The van der Waals surface area contributed by atoms with E-state index >= 15 is 0 Å². The third-order valence-electron chi connectivity index (χ3n) is 3.44. The van der Waals surface area contributed by atoms with Crippen molar-refractivity contribution in [2.24, 2.45) is 5.92 Å². The number of aromatic nitrogens is 1. The van der Waals surface area contributed by atoms with Gasteiger partial charge in [0.15, 0.2) is 0 Å². The van der Waals surface area contributed by atoms with Crippen molar-refractivity contribution in [3.05, 3.63) is 23.9 Å². The van der Waals surface area contributed by atoms with Crippen LogP contribution in [-0.2, 0) is 0 Å². The number of piperidine rings is 1. The molecule has 0 radical (unpaired) electrons. The number of alkyl halides is 3. The summed E-state index contributed by atoms with van der Waals surface area (Å²) in [6.45, 7) is 0.197. The molecule has 1 aliphatic heterocycles. The van der Waals surface area contributed by atoms with E-state index in [1.54, 1.807) is 12.1 Å². The van der Waals surface area contributed by atoms with Crippen LogP contribution < -0.4 is 4.74 Å². The molecule has 110 valence electrons. The first-order valence-corrected chi connectivity index (χ1v) is 6.28. The fraction of sp³-hybridized carbons (Fsp3) is 0.538. The summed E-state index contributed by atoms with van der Waals surface area (Å²) in [4.78, 5) is 17.6. The Morgan fingerprint density at radius 1 is 1.40 bits per heavy atom. The summed E-state index contributed by atoms with van der Waals surface area (Å²) in [7, 11) is 1.40. The van der Waals surface area contributed by atoms with Crippen molar-refractivity contribution in [2.45, 2.75) is 19.0 Å². The van der Waals surface area contributed by atoms with Crippen LogP contribution in [0.25, 0.3) is 0 Å². The molecule has 0 bridgehead atoms. The van der Waals surface area contributed by atoms with Crippen LogP contribution in [0.2, 0.25) is 0 Å². The Hall–Kier alpha value is -1.79. The summed E-state index contributed by atoms with van der Waals surface area (Å²) >= 11 is 0. The third-order valence-corrected chi connectivity index (χ3v) is 3.44. The number of likely N-dealkylation sites (tertiary alicyclic amines) is 1. The number of carbonyl (C=O) groups is 1. The Bertz CT molecular complexity index is 483. The van der Waals surface area contributed by atoms with E-state index in [1.807, 2.05) is 0 Å². The van der Waals surface area contributed by atoms with Gasteiger partial charge in [-0.2, -0.15) is 13.2 Å². The van der Waals surface area contributed by atoms with E-state index in [-0.39, 0.29) is 43.3 Å². The van der Waals surface area contributed by atoms with Crippen LogP contribution in [-0.4, -0.2) is 42.2 Å². The highest BCUT2D eigenvalue weighted by atomic mass is 19.4. The maximum Gasteiger partial charge on any atom is 0.391 e. The molecule has 2 heterocycles. The molecular weight excluding hydrogens is 273 g/mol. The first-order valence-electron chi connectivity index (χ1n) is 6.28. The van der Waals surface area contributed by atoms with Crippen molar-refractivity contribution in [1.82, 2.24) is 9.88 Å². The highest BCUT2D eigenvalue weighted by Gasteiger charge is 2.41. The number of hydrogen-bond acceptors (Lipinski definition) is 3. The number of hydrogen-bond donors (Lipinski definition) is 0. The molecule has 1 aromatic rings. The van der Waals surface area contributed by atoms with Gasteiger partial charge in [-0.3, -0.25) is 4.79 Å². The lowest BCUT2D eigenvalue weighted by atomic mass is 9.96. The maximum absolute atomic E-state index is 12.6. The van der Waals surface area contributed by atoms with Crippen molar-refractivity contribution in [2.75, 3.05) is 20.2 Å². The average Bonchev–Trinajstić information content (AvgIpc) is 2.45. The lowest BCUT2D eigenvalue weighted by Crippen LogP contribution is -2.42. The minimum Gasteiger partial charge on any atom is -0.480 e. The van der Waals surface area contributed by atoms with E-state index in [1.165, 1.54) is 18.2 Å². The molecule has 0 aliphatic carbocycles. The second-order valence-electron chi connectivity index (χ2n) is 4.67. The van der Waals surface area contributed by atoms with Gasteiger partial charge in [0.05, 0.1) is 13.0 Å². The predicted molar refractivity (Wildman–Crippen MR) is 65.5 cm³/mol. The van der Waals surface area contributed by atoms with Gasteiger partial charge in [-0.15, -0.1) is 0 Å². The highest BCUT2D eigenvalue weighted by Crippen LogP contribution is 2.34. The van der Waals surface area contributed by atoms with E-state index in [0.717, 1.165) is 0 Å². The molecule has 7 heteroatoms. The van der Waals surface area contributed by atoms with Crippen LogP contribution in [0.5, 0.6) is 5.88 Å². The monoisotopic (exact) mass is 288 g/mol. The van der Waals surface area contributed by atoms with Crippen molar-refractivity contribution in [3.8, 4) is 5.88 Å². The molecule has 0 aromatic carbocycles. The van der Waals surface area contributed by atoms with Crippen molar-refractivity contribution in [1.29, 1.82) is 0 Å². The Morgan fingerprint density at radius 3 is 2.60 bits per heavy atom. The zero-order valence-electron chi connectivity index (χ0n) is 11.0. The molecular formula is C13H15F3N2O2. The maximum atomic E-state index is 12.6. The first kappa shape index (κ1) is 14.6. The van der Waals surface area contributed by atoms with Crippen LogP contribution in [0.3, 0.4) is 0 Å². The van der Waals surface area contributed by atoms with Gasteiger partial charge in [0.1, 0.15) is 5.56 Å². The first-order chi connectivity index (χ1) is 9.43. The lowest BCUT2D eigenvalue weighted by molar-refractivity contribution is -0.183. The van der Waals surface area contributed by atoms with E-state index in [9.17, 15) is 18.0 Å². The lowest BCUT2D eigenvalue weighted by Gasteiger charge is -2.33. The SMILES string of the molecule is COc1ncccc1C(=O)N1CCC(C(F)(F)F)CC1. The number of carbonyl (C=O) groups excluding carboxylic acids is 1. The van der Waals surface area contributed by atoms with Gasteiger partial charge in [-0.25, -0.2) is 4.98 Å². The van der Waals surface area contributed by atoms with Crippen LogP contribution in [0.4, 0.5) is 13.2 Å².